The summed E-state index contributed by atoms with van der Waals surface area (Å²) in [4.78, 5) is 14.8. The Labute approximate surface area is 91.9 Å². The van der Waals surface area contributed by atoms with Gasteiger partial charge >= 0.3 is 5.97 Å². The topological polar surface area (TPSA) is 59.4 Å². The number of hydrogen-bond donors (Lipinski definition) is 1. The molecule has 1 aromatic heterocycles. The predicted molar refractivity (Wildman–Crippen MR) is 56.2 cm³/mol. The highest BCUT2D eigenvalue weighted by Crippen LogP contribution is 2.27. The molecule has 15 heavy (non-hydrogen) atoms. The number of carboxylic acid groups (broad SMARTS) is 1. The Balaban J connectivity index is 2.02. The van der Waals surface area contributed by atoms with Crippen molar-refractivity contribution in [2.45, 2.75) is 25.2 Å². The summed E-state index contributed by atoms with van der Waals surface area (Å²) in [6.45, 7) is 1.56. The minimum atomic E-state index is -0.827. The second-order valence-electron chi connectivity index (χ2n) is 3.66. The van der Waals surface area contributed by atoms with Gasteiger partial charge in [-0.1, -0.05) is 0 Å². The second kappa shape index (κ2) is 4.72. The Bertz CT molecular complexity index is 344. The van der Waals surface area contributed by atoms with Crippen molar-refractivity contribution < 1.29 is 14.6 Å². The molecule has 0 amide bonds. The molecule has 0 aliphatic carbocycles. The fourth-order valence-corrected chi connectivity index (χ4v) is 2.62. The van der Waals surface area contributed by atoms with Gasteiger partial charge in [0.15, 0.2) is 0 Å². The maximum absolute atomic E-state index is 10.5. The van der Waals surface area contributed by atoms with E-state index in [0.29, 0.717) is 11.6 Å². The lowest BCUT2D eigenvalue weighted by Crippen LogP contribution is -2.15. The lowest BCUT2D eigenvalue weighted by atomic mass is 10.0. The van der Waals surface area contributed by atoms with Crippen LogP contribution in [0.1, 0.15) is 29.5 Å². The van der Waals surface area contributed by atoms with Gasteiger partial charge in [0.05, 0.1) is 23.7 Å². The summed E-state index contributed by atoms with van der Waals surface area (Å²) in [5, 5.41) is 11.5. The maximum atomic E-state index is 10.5. The van der Waals surface area contributed by atoms with Gasteiger partial charge in [0, 0.05) is 17.9 Å². The normalized spacial score (nSPS) is 21.5. The summed E-state index contributed by atoms with van der Waals surface area (Å²) < 4.78 is 5.38. The molecule has 1 saturated heterocycles. The van der Waals surface area contributed by atoms with Crippen LogP contribution in [0.2, 0.25) is 0 Å². The largest absolute Gasteiger partial charge is 0.481 e. The third-order valence-corrected chi connectivity index (χ3v) is 3.47. The molecule has 0 spiro atoms. The summed E-state index contributed by atoms with van der Waals surface area (Å²) in [7, 11) is 0. The van der Waals surface area contributed by atoms with Crippen LogP contribution in [0.25, 0.3) is 0 Å². The van der Waals surface area contributed by atoms with E-state index in [2.05, 4.69) is 4.98 Å². The van der Waals surface area contributed by atoms with Gasteiger partial charge in [-0.25, -0.2) is 4.98 Å². The van der Waals surface area contributed by atoms with E-state index in [-0.39, 0.29) is 6.42 Å². The summed E-state index contributed by atoms with van der Waals surface area (Å²) >= 11 is 1.54. The number of carboxylic acids is 1. The van der Waals surface area contributed by atoms with Gasteiger partial charge < -0.3 is 9.84 Å². The quantitative estimate of drug-likeness (QED) is 0.853. The zero-order valence-corrected chi connectivity index (χ0v) is 9.13. The molecule has 82 valence electrons. The first-order chi connectivity index (χ1) is 7.25. The molecule has 0 aromatic carbocycles. The highest BCUT2D eigenvalue weighted by atomic mass is 32.1. The smallest absolute Gasteiger partial charge is 0.309 e. The minimum Gasteiger partial charge on any atom is -0.481 e. The Morgan fingerprint density at radius 3 is 3.27 bits per heavy atom. The molecule has 1 aliphatic heterocycles. The Morgan fingerprint density at radius 2 is 2.60 bits per heavy atom. The van der Waals surface area contributed by atoms with E-state index in [1.807, 2.05) is 5.38 Å². The lowest BCUT2D eigenvalue weighted by molar-refractivity contribution is -0.136. The van der Waals surface area contributed by atoms with Gasteiger partial charge in [0.25, 0.3) is 0 Å². The Hall–Kier alpha value is -0.940. The van der Waals surface area contributed by atoms with Crippen molar-refractivity contribution in [3.05, 3.63) is 16.1 Å². The summed E-state index contributed by atoms with van der Waals surface area (Å²) in [6, 6.07) is 0. The second-order valence-corrected chi connectivity index (χ2v) is 4.55. The number of aliphatic carboxylic acids is 1. The van der Waals surface area contributed by atoms with Crippen molar-refractivity contribution in [1.29, 1.82) is 0 Å². The fraction of sp³-hybridized carbons (Fsp3) is 0.600. The van der Waals surface area contributed by atoms with E-state index in [4.69, 9.17) is 9.84 Å². The molecule has 4 nitrogen and oxygen atoms in total. The molecule has 1 unspecified atom stereocenters. The number of ether oxygens (including phenoxy) is 1. The zero-order chi connectivity index (χ0) is 10.7. The summed E-state index contributed by atoms with van der Waals surface area (Å²) in [5.41, 5.74) is 0.660. The van der Waals surface area contributed by atoms with Crippen LogP contribution < -0.4 is 0 Å². The standard InChI is InChI=1S/C10H13NO3S/c12-9(13)4-8-6-15-10(11-8)7-2-1-3-14-5-7/h6-7H,1-5H2,(H,12,13). The van der Waals surface area contributed by atoms with Gasteiger partial charge in [-0.05, 0) is 12.8 Å². The van der Waals surface area contributed by atoms with E-state index < -0.39 is 5.97 Å². The van der Waals surface area contributed by atoms with Crippen molar-refractivity contribution in [3.8, 4) is 0 Å². The van der Waals surface area contributed by atoms with Crippen molar-refractivity contribution >= 4 is 17.3 Å². The fourth-order valence-electron chi connectivity index (χ4n) is 1.68. The molecule has 1 atom stereocenters. The Kier molecular flexibility index (Phi) is 3.33. The molecule has 1 N–H and O–H groups in total. The SMILES string of the molecule is O=C(O)Cc1csc(C2CCCOC2)n1. The van der Waals surface area contributed by atoms with Gasteiger partial charge in [0.2, 0.25) is 0 Å². The van der Waals surface area contributed by atoms with Gasteiger partial charge in [-0.3, -0.25) is 4.79 Å². The van der Waals surface area contributed by atoms with E-state index in [1.165, 1.54) is 0 Å². The van der Waals surface area contributed by atoms with Gasteiger partial charge in [-0.15, -0.1) is 11.3 Å². The molecule has 0 radical (unpaired) electrons. The van der Waals surface area contributed by atoms with Crippen molar-refractivity contribution in [2.75, 3.05) is 13.2 Å². The monoisotopic (exact) mass is 227 g/mol. The van der Waals surface area contributed by atoms with Crippen LogP contribution in [0.3, 0.4) is 0 Å². The molecule has 2 rings (SSSR count). The number of aromatic nitrogens is 1. The molecule has 2 heterocycles. The average molecular weight is 227 g/mol. The van der Waals surface area contributed by atoms with Crippen LogP contribution in [0.4, 0.5) is 0 Å². The summed E-state index contributed by atoms with van der Waals surface area (Å²) in [5.74, 6) is -0.460. The first kappa shape index (κ1) is 10.6. The van der Waals surface area contributed by atoms with Crippen LogP contribution in [0, 0.1) is 0 Å². The number of nitrogens with zero attached hydrogens (tertiary/aromatic N) is 1. The molecule has 0 bridgehead atoms. The van der Waals surface area contributed by atoms with Crippen LogP contribution in [0.5, 0.6) is 0 Å². The highest BCUT2D eigenvalue weighted by Gasteiger charge is 2.19. The molecule has 1 aromatic rings. The van der Waals surface area contributed by atoms with Crippen molar-refractivity contribution in [1.82, 2.24) is 4.98 Å². The van der Waals surface area contributed by atoms with E-state index >= 15 is 0 Å². The van der Waals surface area contributed by atoms with Crippen LogP contribution >= 0.6 is 11.3 Å². The van der Waals surface area contributed by atoms with E-state index in [0.717, 1.165) is 31.1 Å². The van der Waals surface area contributed by atoms with Crippen LogP contribution in [-0.4, -0.2) is 29.3 Å². The zero-order valence-electron chi connectivity index (χ0n) is 8.31. The first-order valence-electron chi connectivity index (χ1n) is 4.99. The molecular weight excluding hydrogens is 214 g/mol. The number of carbonyl (C=O) groups is 1. The van der Waals surface area contributed by atoms with Crippen LogP contribution in [0.15, 0.2) is 5.38 Å². The van der Waals surface area contributed by atoms with Crippen LogP contribution in [-0.2, 0) is 16.0 Å². The van der Waals surface area contributed by atoms with E-state index in [9.17, 15) is 4.79 Å². The number of rotatable bonds is 3. The molecular formula is C10H13NO3S. The number of thiazole rings is 1. The minimum absolute atomic E-state index is 0.0179. The number of hydrogen-bond acceptors (Lipinski definition) is 4. The van der Waals surface area contributed by atoms with Gasteiger partial charge in [-0.2, -0.15) is 0 Å². The third kappa shape index (κ3) is 2.76. The molecule has 5 heteroatoms. The lowest BCUT2D eigenvalue weighted by Gasteiger charge is -2.19. The van der Waals surface area contributed by atoms with Crippen molar-refractivity contribution in [3.63, 3.8) is 0 Å². The highest BCUT2D eigenvalue weighted by molar-refractivity contribution is 7.09. The summed E-state index contributed by atoms with van der Waals surface area (Å²) in [6.07, 6.45) is 2.18. The maximum Gasteiger partial charge on any atom is 0.309 e. The first-order valence-corrected chi connectivity index (χ1v) is 5.87. The Morgan fingerprint density at radius 1 is 1.73 bits per heavy atom. The third-order valence-electron chi connectivity index (χ3n) is 2.41. The van der Waals surface area contributed by atoms with E-state index in [1.54, 1.807) is 11.3 Å². The molecule has 0 saturated carbocycles. The predicted octanol–water partition coefficient (Wildman–Crippen LogP) is 1.66. The molecule has 1 aliphatic rings. The average Bonchev–Trinajstić information content (AvgIpc) is 2.67. The van der Waals surface area contributed by atoms with Gasteiger partial charge in [0.1, 0.15) is 0 Å². The molecule has 1 fully saturated rings. The van der Waals surface area contributed by atoms with Crippen molar-refractivity contribution in [2.24, 2.45) is 0 Å².